The van der Waals surface area contributed by atoms with Crippen molar-refractivity contribution in [1.82, 2.24) is 14.7 Å². The monoisotopic (exact) mass is 1000 g/mol. The van der Waals surface area contributed by atoms with Crippen molar-refractivity contribution in [3.05, 3.63) is 179 Å². The summed E-state index contributed by atoms with van der Waals surface area (Å²) in [6, 6.07) is 49.8. The number of hydrogen-bond donors (Lipinski definition) is 0. The molecule has 0 amide bonds. The third kappa shape index (κ3) is 12.5. The molecule has 6 aliphatic rings. The number of piperidine rings is 3. The number of carbonyl (C=O) groups is 3. The molecule has 9 nitrogen and oxygen atoms in total. The predicted octanol–water partition coefficient (Wildman–Crippen LogP) is 13.8. The van der Waals surface area contributed by atoms with Crippen LogP contribution in [0, 0.1) is 35.5 Å². The second kappa shape index (κ2) is 22.4. The van der Waals surface area contributed by atoms with Crippen molar-refractivity contribution in [3.8, 4) is 34.5 Å². The number of likely N-dealkylation sites (tertiary alicyclic amines) is 3. The van der Waals surface area contributed by atoms with E-state index in [0.29, 0.717) is 35.2 Å². The summed E-state index contributed by atoms with van der Waals surface area (Å²) >= 11 is 0. The van der Waals surface area contributed by atoms with Crippen LogP contribution in [0.1, 0.15) is 118 Å². The van der Waals surface area contributed by atoms with Crippen molar-refractivity contribution >= 4 is 17.3 Å². The largest absolute Gasteiger partial charge is 0.457 e. The van der Waals surface area contributed by atoms with Gasteiger partial charge in [-0.05, 0) is 209 Å². The Bertz CT molecular complexity index is 2950. The Morgan fingerprint density at radius 1 is 0.387 bits per heavy atom. The maximum atomic E-state index is 14.1. The Hall–Kier alpha value is -6.39. The number of ether oxygens (including phenoxy) is 3. The molecule has 0 spiro atoms. The molecule has 3 heterocycles. The van der Waals surface area contributed by atoms with Gasteiger partial charge >= 0.3 is 0 Å². The van der Waals surface area contributed by atoms with Gasteiger partial charge in [0.2, 0.25) is 0 Å². The minimum atomic E-state index is -0.0291. The zero-order valence-corrected chi connectivity index (χ0v) is 43.3. The summed E-state index contributed by atoms with van der Waals surface area (Å²) < 4.78 is 18.7. The highest BCUT2D eigenvalue weighted by Gasteiger charge is 2.42. The average molecular weight is 1000 g/mol. The summed E-state index contributed by atoms with van der Waals surface area (Å²) in [5.41, 5.74) is 4.85. The maximum Gasteiger partial charge on any atom is 0.167 e. The third-order valence-electron chi connectivity index (χ3n) is 17.1. The summed E-state index contributed by atoms with van der Waals surface area (Å²) in [4.78, 5) is 48.7. The van der Waals surface area contributed by atoms with Gasteiger partial charge in [-0.2, -0.15) is 0 Å². The number of nitrogens with zero attached hydrogens (tertiary/aromatic N) is 3. The fourth-order valence-electron chi connectivity index (χ4n) is 12.7. The molecule has 75 heavy (non-hydrogen) atoms. The van der Waals surface area contributed by atoms with Gasteiger partial charge in [-0.15, -0.1) is 0 Å². The Labute approximate surface area is 443 Å². The summed E-state index contributed by atoms with van der Waals surface area (Å²) in [7, 11) is 0. The molecule has 3 aliphatic carbocycles. The zero-order chi connectivity index (χ0) is 50.7. The summed E-state index contributed by atoms with van der Waals surface area (Å²) in [6.07, 6.45) is 10.9. The van der Waals surface area contributed by atoms with Gasteiger partial charge in [-0.1, -0.05) is 66.7 Å². The lowest BCUT2D eigenvalue weighted by Gasteiger charge is -2.32. The van der Waals surface area contributed by atoms with Gasteiger partial charge in [-0.25, -0.2) is 0 Å². The molecule has 3 aliphatic heterocycles. The molecular weight excluding hydrogens is 931 g/mol. The predicted molar refractivity (Wildman–Crippen MR) is 294 cm³/mol. The minimum Gasteiger partial charge on any atom is -0.457 e. The molecule has 3 saturated carbocycles. The molecule has 0 aromatic heterocycles. The van der Waals surface area contributed by atoms with Gasteiger partial charge in [0.25, 0.3) is 0 Å². The van der Waals surface area contributed by atoms with Crippen molar-refractivity contribution in [3.63, 3.8) is 0 Å². The lowest BCUT2D eigenvalue weighted by molar-refractivity contribution is 0.0807. The number of hydrogen-bond acceptors (Lipinski definition) is 9. The number of Topliss-reactive ketones (excluding diaryl/α,β-unsaturated/α-hetero) is 3. The molecule has 6 aromatic carbocycles. The molecule has 6 fully saturated rings. The summed E-state index contributed by atoms with van der Waals surface area (Å²) in [5, 5.41) is 0. The first kappa shape index (κ1) is 49.5. The smallest absolute Gasteiger partial charge is 0.167 e. The Kier molecular flexibility index (Phi) is 14.8. The second-order valence-electron chi connectivity index (χ2n) is 22.9. The van der Waals surface area contributed by atoms with Crippen molar-refractivity contribution in [2.45, 2.75) is 76.0 Å². The quantitative estimate of drug-likeness (QED) is 0.0694. The molecule has 0 N–H and O–H groups in total. The first-order chi connectivity index (χ1) is 36.8. The Morgan fingerprint density at radius 2 is 0.813 bits per heavy atom. The molecule has 386 valence electrons. The lowest BCUT2D eigenvalue weighted by Crippen LogP contribution is -2.39. The number of ketones is 3. The second-order valence-corrected chi connectivity index (χ2v) is 22.9. The van der Waals surface area contributed by atoms with Crippen LogP contribution in [0.25, 0.3) is 0 Å². The standard InChI is InChI=1S/C66H71N3O6/c70-64(51-13-7-31-67(40-51)39-45-21-22-45)47-25-29-58(30-26-47)73-57-27-23-46(24-28-57)62-37-54(62)43-68-32-8-14-52(41-68)66(72)50-12-6-20-61(36-50)75-59-18-4-10-48(34-59)63-38-55(63)44-69-33-9-15-53(42-69)65(71)49-11-5-19-60(35-49)74-56-16-2-1-3-17-56/h1-6,10-12,16-20,23-30,34-36,45,51-55,62-63H,7-9,13-15,21-22,31-33,37-44H2/t51-,52-,53+,54?,55?,62?,63?/m1/s1. The van der Waals surface area contributed by atoms with Crippen LogP contribution in [0.3, 0.4) is 0 Å². The molecule has 7 atom stereocenters. The topological polar surface area (TPSA) is 88.6 Å². The first-order valence-corrected chi connectivity index (χ1v) is 28.2. The van der Waals surface area contributed by atoms with Gasteiger partial charge < -0.3 is 28.9 Å². The Morgan fingerprint density at radius 3 is 1.36 bits per heavy atom. The SMILES string of the molecule is O=C(c1ccc(Oc2ccc(C3CC3CN3CCC[C@@H](C(=O)c4cccc(Oc5cccc(C6CC6CN6CCC[C@H](C(=O)c7cccc(Oc8ccccc8)c7)C6)c5)c4)C3)cc2)cc1)[C@@H]1CCCN(CC2CC2)C1. The molecule has 3 saturated heterocycles. The van der Waals surface area contributed by atoms with Crippen LogP contribution in [0.5, 0.6) is 34.5 Å². The number of benzene rings is 6. The molecular formula is C66H71N3O6. The van der Waals surface area contributed by atoms with Crippen molar-refractivity contribution in [2.24, 2.45) is 35.5 Å². The molecule has 9 heteroatoms. The van der Waals surface area contributed by atoms with E-state index in [2.05, 4.69) is 57.2 Å². The zero-order valence-electron chi connectivity index (χ0n) is 43.3. The van der Waals surface area contributed by atoms with E-state index in [0.717, 1.165) is 156 Å². The number of rotatable bonds is 20. The summed E-state index contributed by atoms with van der Waals surface area (Å²) in [6.45, 7) is 8.83. The third-order valence-corrected chi connectivity index (χ3v) is 17.1. The van der Waals surface area contributed by atoms with Gasteiger partial charge in [0.15, 0.2) is 17.3 Å². The average Bonchev–Trinajstić information content (AvgIpc) is 4.37. The summed E-state index contributed by atoms with van der Waals surface area (Å²) in [5.74, 6) is 8.16. The highest BCUT2D eigenvalue weighted by atomic mass is 16.5. The Balaban J connectivity index is 0.586. The van der Waals surface area contributed by atoms with E-state index in [1.807, 2.05) is 109 Å². The van der Waals surface area contributed by atoms with E-state index in [1.165, 1.54) is 24.0 Å². The van der Waals surface area contributed by atoms with E-state index in [1.54, 1.807) is 0 Å². The van der Waals surface area contributed by atoms with E-state index in [9.17, 15) is 14.4 Å². The van der Waals surface area contributed by atoms with Crippen molar-refractivity contribution in [1.29, 1.82) is 0 Å². The molecule has 0 radical (unpaired) electrons. The highest BCUT2D eigenvalue weighted by Crippen LogP contribution is 2.50. The van der Waals surface area contributed by atoms with Crippen molar-refractivity contribution in [2.75, 3.05) is 58.9 Å². The number of para-hydroxylation sites is 1. The lowest BCUT2D eigenvalue weighted by atomic mass is 9.89. The molecule has 0 bridgehead atoms. The molecule has 12 rings (SSSR count). The fraction of sp³-hybridized carbons (Fsp3) is 0.409. The van der Waals surface area contributed by atoms with Gasteiger partial charge in [0.1, 0.15) is 34.5 Å². The van der Waals surface area contributed by atoms with Crippen LogP contribution in [0.4, 0.5) is 0 Å². The van der Waals surface area contributed by atoms with Crippen LogP contribution in [-0.2, 0) is 0 Å². The van der Waals surface area contributed by atoms with Crippen LogP contribution < -0.4 is 14.2 Å². The first-order valence-electron chi connectivity index (χ1n) is 28.2. The van der Waals surface area contributed by atoms with E-state index < -0.39 is 0 Å². The van der Waals surface area contributed by atoms with Crippen LogP contribution in [-0.4, -0.2) is 91.0 Å². The van der Waals surface area contributed by atoms with E-state index in [4.69, 9.17) is 14.2 Å². The van der Waals surface area contributed by atoms with Crippen LogP contribution in [0.2, 0.25) is 0 Å². The maximum absolute atomic E-state index is 14.1. The van der Waals surface area contributed by atoms with Crippen molar-refractivity contribution < 1.29 is 28.6 Å². The van der Waals surface area contributed by atoms with Crippen LogP contribution in [0.15, 0.2) is 152 Å². The van der Waals surface area contributed by atoms with Gasteiger partial charge in [0.05, 0.1) is 0 Å². The number of carbonyl (C=O) groups excluding carboxylic acids is 3. The van der Waals surface area contributed by atoms with E-state index in [-0.39, 0.29) is 35.1 Å². The van der Waals surface area contributed by atoms with Gasteiger partial charge in [-0.3, -0.25) is 14.4 Å². The molecule has 4 unspecified atom stereocenters. The highest BCUT2D eigenvalue weighted by molar-refractivity contribution is 5.99. The van der Waals surface area contributed by atoms with Crippen LogP contribution >= 0.6 is 0 Å². The molecule has 6 aromatic rings. The fourth-order valence-corrected chi connectivity index (χ4v) is 12.7. The van der Waals surface area contributed by atoms with E-state index >= 15 is 0 Å². The normalized spacial score (nSPS) is 25.0. The van der Waals surface area contributed by atoms with Gasteiger partial charge in [0, 0.05) is 73.7 Å². The minimum absolute atomic E-state index is 0.0154.